The molecule has 1 atom stereocenters. The van der Waals surface area contributed by atoms with Crippen LogP contribution in [0.4, 0.5) is 5.69 Å². The summed E-state index contributed by atoms with van der Waals surface area (Å²) in [6.07, 6.45) is -0.473. The molecule has 0 aliphatic heterocycles. The molecule has 2 aromatic carbocycles. The van der Waals surface area contributed by atoms with E-state index in [9.17, 15) is 5.11 Å². The maximum absolute atomic E-state index is 10.4. The van der Waals surface area contributed by atoms with Crippen LogP contribution in [0.1, 0.15) is 11.3 Å². The number of benzene rings is 2. The van der Waals surface area contributed by atoms with Gasteiger partial charge in [-0.15, -0.1) is 0 Å². The van der Waals surface area contributed by atoms with E-state index in [-0.39, 0.29) is 0 Å². The number of halogens is 1. The molecule has 0 aliphatic rings. The van der Waals surface area contributed by atoms with Crippen LogP contribution in [0.2, 0.25) is 5.02 Å². The van der Waals surface area contributed by atoms with E-state index >= 15 is 0 Å². The van der Waals surface area contributed by atoms with E-state index in [4.69, 9.17) is 11.6 Å². The van der Waals surface area contributed by atoms with Gasteiger partial charge in [0.25, 0.3) is 0 Å². The number of para-hydroxylation sites is 1. The molecule has 3 rings (SSSR count). The quantitative estimate of drug-likeness (QED) is 0.729. The summed E-state index contributed by atoms with van der Waals surface area (Å²) in [5, 5.41) is 15.6. The minimum Gasteiger partial charge on any atom is -0.389 e. The minimum atomic E-state index is -0.473. The fourth-order valence-corrected chi connectivity index (χ4v) is 3.04. The number of anilines is 1. The zero-order valence-corrected chi connectivity index (χ0v) is 14.1. The van der Waals surface area contributed by atoms with E-state index in [1.165, 1.54) is 22.2 Å². The van der Waals surface area contributed by atoms with Crippen molar-refractivity contribution in [1.29, 1.82) is 0 Å². The van der Waals surface area contributed by atoms with E-state index in [1.54, 1.807) is 0 Å². The first-order valence-electron chi connectivity index (χ1n) is 7.78. The molecule has 0 spiro atoms. The van der Waals surface area contributed by atoms with Crippen LogP contribution in [0.25, 0.3) is 10.9 Å². The molecule has 0 bridgehead atoms. The monoisotopic (exact) mass is 328 g/mol. The van der Waals surface area contributed by atoms with Crippen molar-refractivity contribution in [3.8, 4) is 0 Å². The Kier molecular flexibility index (Phi) is 4.60. The normalized spacial score (nSPS) is 12.5. The van der Waals surface area contributed by atoms with Gasteiger partial charge >= 0.3 is 0 Å². The zero-order valence-electron chi connectivity index (χ0n) is 13.4. The van der Waals surface area contributed by atoms with Crippen LogP contribution in [0.15, 0.2) is 48.5 Å². The van der Waals surface area contributed by atoms with Crippen molar-refractivity contribution in [1.82, 2.24) is 4.57 Å². The lowest BCUT2D eigenvalue weighted by atomic mass is 10.2. The Bertz CT molecular complexity index is 808. The number of aryl methyl sites for hydroxylation is 1. The molecule has 0 saturated carbocycles. The molecule has 0 radical (unpaired) electrons. The van der Waals surface area contributed by atoms with Crippen LogP contribution < -0.4 is 5.32 Å². The van der Waals surface area contributed by atoms with Gasteiger partial charge in [-0.2, -0.15) is 0 Å². The lowest BCUT2D eigenvalue weighted by Crippen LogP contribution is -2.25. The average Bonchev–Trinajstić information content (AvgIpc) is 2.80. The number of hydrogen-bond acceptors (Lipinski definition) is 2. The van der Waals surface area contributed by atoms with Crippen LogP contribution in [-0.4, -0.2) is 22.3 Å². The van der Waals surface area contributed by atoms with Crippen molar-refractivity contribution in [2.75, 3.05) is 11.9 Å². The summed E-state index contributed by atoms with van der Waals surface area (Å²) in [5.74, 6) is 0. The second-order valence-electron chi connectivity index (χ2n) is 5.88. The summed E-state index contributed by atoms with van der Waals surface area (Å²) in [6, 6.07) is 15.8. The largest absolute Gasteiger partial charge is 0.389 e. The molecular weight excluding hydrogens is 308 g/mol. The standard InChI is InChI=1S/C19H21ClN2O/c1-13-14(2)22(19-6-4-3-5-18(13)19)12-17(23)11-21-16-9-7-15(20)8-10-16/h3-10,17,21,23H,11-12H2,1-2H3. The number of nitrogens with one attached hydrogen (secondary N) is 1. The van der Waals surface area contributed by atoms with E-state index in [1.807, 2.05) is 30.3 Å². The number of rotatable bonds is 5. The SMILES string of the molecule is Cc1c(C)n(CC(O)CNc2ccc(Cl)cc2)c2ccccc12. The summed E-state index contributed by atoms with van der Waals surface area (Å²) in [4.78, 5) is 0. The summed E-state index contributed by atoms with van der Waals surface area (Å²) >= 11 is 5.88. The van der Waals surface area contributed by atoms with E-state index < -0.39 is 6.10 Å². The predicted octanol–water partition coefficient (Wildman–Crippen LogP) is 4.38. The maximum atomic E-state index is 10.4. The second kappa shape index (κ2) is 6.65. The van der Waals surface area contributed by atoms with Gasteiger partial charge in [-0.25, -0.2) is 0 Å². The summed E-state index contributed by atoms with van der Waals surface area (Å²) < 4.78 is 2.19. The van der Waals surface area contributed by atoms with Crippen molar-refractivity contribution >= 4 is 28.2 Å². The van der Waals surface area contributed by atoms with Crippen LogP contribution in [-0.2, 0) is 6.54 Å². The number of aliphatic hydroxyl groups excluding tert-OH is 1. The second-order valence-corrected chi connectivity index (χ2v) is 6.32. The van der Waals surface area contributed by atoms with Gasteiger partial charge in [-0.3, -0.25) is 0 Å². The van der Waals surface area contributed by atoms with Crippen molar-refractivity contribution in [2.45, 2.75) is 26.5 Å². The summed E-state index contributed by atoms with van der Waals surface area (Å²) in [7, 11) is 0. The van der Waals surface area contributed by atoms with Crippen LogP contribution in [0.5, 0.6) is 0 Å². The van der Waals surface area contributed by atoms with Crippen LogP contribution in [0, 0.1) is 13.8 Å². The molecule has 3 nitrogen and oxygen atoms in total. The molecule has 1 unspecified atom stereocenters. The molecule has 0 aliphatic carbocycles. The third kappa shape index (κ3) is 3.36. The molecule has 4 heteroatoms. The highest BCUT2D eigenvalue weighted by Crippen LogP contribution is 2.25. The number of nitrogens with zero attached hydrogens (tertiary/aromatic N) is 1. The van der Waals surface area contributed by atoms with Crippen molar-refractivity contribution in [2.24, 2.45) is 0 Å². The van der Waals surface area contributed by atoms with Crippen molar-refractivity contribution in [3.05, 3.63) is 64.8 Å². The fraction of sp³-hybridized carbons (Fsp3) is 0.263. The van der Waals surface area contributed by atoms with Crippen molar-refractivity contribution < 1.29 is 5.11 Å². The number of hydrogen-bond donors (Lipinski definition) is 2. The molecule has 1 aromatic heterocycles. The molecule has 0 saturated heterocycles. The molecule has 0 amide bonds. The predicted molar refractivity (Wildman–Crippen MR) is 97.4 cm³/mol. The molecule has 2 N–H and O–H groups in total. The zero-order chi connectivity index (χ0) is 16.4. The Morgan fingerprint density at radius 1 is 1.09 bits per heavy atom. The van der Waals surface area contributed by atoms with Gasteiger partial charge in [-0.05, 0) is 49.7 Å². The number of aliphatic hydroxyl groups is 1. The van der Waals surface area contributed by atoms with E-state index in [0.29, 0.717) is 18.1 Å². The molecule has 0 fully saturated rings. The Hall–Kier alpha value is -1.97. The van der Waals surface area contributed by atoms with Gasteiger partial charge in [0.1, 0.15) is 0 Å². The maximum Gasteiger partial charge on any atom is 0.0891 e. The fourth-order valence-electron chi connectivity index (χ4n) is 2.92. The Balaban J connectivity index is 1.72. The molecule has 23 heavy (non-hydrogen) atoms. The topological polar surface area (TPSA) is 37.2 Å². The molecule has 3 aromatic rings. The average molecular weight is 329 g/mol. The van der Waals surface area contributed by atoms with Gasteiger partial charge in [-0.1, -0.05) is 29.8 Å². The van der Waals surface area contributed by atoms with Crippen LogP contribution in [0.3, 0.4) is 0 Å². The van der Waals surface area contributed by atoms with Gasteiger partial charge < -0.3 is 15.0 Å². The highest BCUT2D eigenvalue weighted by molar-refractivity contribution is 6.30. The molecular formula is C19H21ClN2O. The number of fused-ring (bicyclic) bond motifs is 1. The lowest BCUT2D eigenvalue weighted by Gasteiger charge is -2.16. The van der Waals surface area contributed by atoms with Gasteiger partial charge in [0.15, 0.2) is 0 Å². The third-order valence-electron chi connectivity index (χ3n) is 4.33. The molecule has 120 valence electrons. The number of aromatic nitrogens is 1. The van der Waals surface area contributed by atoms with E-state index in [0.717, 1.165) is 5.69 Å². The van der Waals surface area contributed by atoms with Gasteiger partial charge in [0, 0.05) is 33.9 Å². The molecule has 1 heterocycles. The Morgan fingerprint density at radius 3 is 2.52 bits per heavy atom. The summed E-state index contributed by atoms with van der Waals surface area (Å²) in [6.45, 7) is 5.30. The smallest absolute Gasteiger partial charge is 0.0891 e. The third-order valence-corrected chi connectivity index (χ3v) is 4.58. The Morgan fingerprint density at radius 2 is 1.78 bits per heavy atom. The first kappa shape index (κ1) is 15.9. The highest BCUT2D eigenvalue weighted by Gasteiger charge is 2.13. The van der Waals surface area contributed by atoms with Gasteiger partial charge in [0.05, 0.1) is 12.6 Å². The first-order valence-corrected chi connectivity index (χ1v) is 8.16. The van der Waals surface area contributed by atoms with E-state index in [2.05, 4.69) is 41.9 Å². The van der Waals surface area contributed by atoms with Crippen LogP contribution >= 0.6 is 11.6 Å². The van der Waals surface area contributed by atoms with Gasteiger partial charge in [0.2, 0.25) is 0 Å². The highest BCUT2D eigenvalue weighted by atomic mass is 35.5. The Labute approximate surface area is 141 Å². The summed E-state index contributed by atoms with van der Waals surface area (Å²) in [5.41, 5.74) is 4.61. The van der Waals surface area contributed by atoms with Crippen molar-refractivity contribution in [3.63, 3.8) is 0 Å². The lowest BCUT2D eigenvalue weighted by molar-refractivity contribution is 0.167. The minimum absolute atomic E-state index is 0.473. The first-order chi connectivity index (χ1) is 11.1.